The van der Waals surface area contributed by atoms with Crippen LogP contribution < -0.4 is 0 Å². The molecule has 0 saturated heterocycles. The van der Waals surface area contributed by atoms with E-state index in [0.717, 1.165) is 18.3 Å². The summed E-state index contributed by atoms with van der Waals surface area (Å²) in [5.41, 5.74) is -1.33. The van der Waals surface area contributed by atoms with Gasteiger partial charge in [-0.1, -0.05) is 0 Å². The van der Waals surface area contributed by atoms with E-state index in [2.05, 4.69) is 4.98 Å². The molecule has 2 aromatic rings. The summed E-state index contributed by atoms with van der Waals surface area (Å²) in [6, 6.07) is 3.42. The lowest BCUT2D eigenvalue weighted by Gasteiger charge is -2.10. The maximum absolute atomic E-state index is 12.7. The fraction of sp³-hybridized carbons (Fsp3) is 0.167. The molecule has 0 amide bonds. The summed E-state index contributed by atoms with van der Waals surface area (Å²) < 4.78 is 47.5. The van der Waals surface area contributed by atoms with E-state index < -0.39 is 23.4 Å². The van der Waals surface area contributed by atoms with Crippen LogP contribution in [0.5, 0.6) is 0 Å². The fourth-order valence-electron chi connectivity index (χ4n) is 1.39. The number of aromatic nitrogens is 1. The third-order valence-electron chi connectivity index (χ3n) is 2.26. The van der Waals surface area contributed by atoms with Crippen molar-refractivity contribution in [1.29, 1.82) is 0 Å². The summed E-state index contributed by atoms with van der Waals surface area (Å²) in [6.07, 6.45) is -0.858. The van der Waals surface area contributed by atoms with Gasteiger partial charge in [0.05, 0.1) is 18.1 Å². The Morgan fingerprint density at radius 3 is 2.79 bits per heavy atom. The predicted octanol–water partition coefficient (Wildman–Crippen LogP) is 3.05. The quantitative estimate of drug-likeness (QED) is 0.805. The number of hydrogen-bond acceptors (Lipinski definition) is 4. The van der Waals surface area contributed by atoms with Gasteiger partial charge in [-0.15, -0.1) is 0 Å². The van der Waals surface area contributed by atoms with Crippen molar-refractivity contribution < 1.29 is 27.1 Å². The number of nitrogens with zero attached hydrogens (tertiary/aromatic N) is 1. The molecule has 0 saturated carbocycles. The Kier molecular flexibility index (Phi) is 3.55. The minimum atomic E-state index is -4.65. The van der Waals surface area contributed by atoms with Crippen molar-refractivity contribution in [3.8, 4) is 0 Å². The molecule has 2 rings (SSSR count). The van der Waals surface area contributed by atoms with Crippen LogP contribution in [-0.4, -0.2) is 11.0 Å². The monoisotopic (exact) mass is 271 g/mol. The van der Waals surface area contributed by atoms with Crippen LogP contribution in [0.3, 0.4) is 0 Å². The van der Waals surface area contributed by atoms with Gasteiger partial charge >= 0.3 is 12.1 Å². The second-order valence-corrected chi connectivity index (χ2v) is 3.61. The third kappa shape index (κ3) is 3.12. The Morgan fingerprint density at radius 2 is 2.16 bits per heavy atom. The Hall–Kier alpha value is -2.31. The number of furan rings is 1. The molecule has 7 heteroatoms. The zero-order chi connectivity index (χ0) is 13.9. The molecule has 0 aromatic carbocycles. The number of halogens is 3. The second kappa shape index (κ2) is 5.13. The Bertz CT molecular complexity index is 564. The molecule has 2 aromatic heterocycles. The highest BCUT2D eigenvalue weighted by molar-refractivity contribution is 5.89. The summed E-state index contributed by atoms with van der Waals surface area (Å²) in [6.45, 7) is -0.177. The second-order valence-electron chi connectivity index (χ2n) is 3.61. The number of ether oxygens (including phenoxy) is 1. The molecule has 0 radical (unpaired) electrons. The van der Waals surface area contributed by atoms with E-state index in [1.165, 1.54) is 18.6 Å². The molecule has 0 aliphatic rings. The smallest absolute Gasteiger partial charge is 0.418 e. The van der Waals surface area contributed by atoms with Crippen molar-refractivity contribution in [2.75, 3.05) is 0 Å². The summed E-state index contributed by atoms with van der Waals surface area (Å²) in [5, 5.41) is 0. The van der Waals surface area contributed by atoms with Crippen molar-refractivity contribution in [2.24, 2.45) is 0 Å². The normalized spacial score (nSPS) is 11.3. The highest BCUT2D eigenvalue weighted by atomic mass is 19.4. The molecule has 0 spiro atoms. The van der Waals surface area contributed by atoms with Gasteiger partial charge in [-0.2, -0.15) is 13.2 Å². The Morgan fingerprint density at radius 1 is 1.37 bits per heavy atom. The number of esters is 1. The molecule has 0 N–H and O–H groups in total. The molecular formula is C12H8F3NO3. The standard InChI is InChI=1S/C12H8F3NO3/c13-12(14,15)9-2-1-4-16-10(9)11(17)19-7-8-3-5-18-6-8/h1-6H,7H2. The average Bonchev–Trinajstić information content (AvgIpc) is 2.88. The van der Waals surface area contributed by atoms with Crippen LogP contribution in [-0.2, 0) is 17.5 Å². The van der Waals surface area contributed by atoms with E-state index in [4.69, 9.17) is 9.15 Å². The summed E-state index contributed by atoms with van der Waals surface area (Å²) in [5.74, 6) is -1.13. The minimum absolute atomic E-state index is 0.177. The first-order valence-electron chi connectivity index (χ1n) is 5.19. The van der Waals surface area contributed by atoms with Gasteiger partial charge in [-0.05, 0) is 18.2 Å². The van der Waals surface area contributed by atoms with E-state index in [-0.39, 0.29) is 6.61 Å². The third-order valence-corrected chi connectivity index (χ3v) is 2.26. The topological polar surface area (TPSA) is 52.3 Å². The number of carbonyl (C=O) groups excluding carboxylic acids is 1. The first-order valence-corrected chi connectivity index (χ1v) is 5.19. The lowest BCUT2D eigenvalue weighted by atomic mass is 10.2. The van der Waals surface area contributed by atoms with Gasteiger partial charge in [-0.25, -0.2) is 9.78 Å². The van der Waals surface area contributed by atoms with Crippen LogP contribution in [0, 0.1) is 0 Å². The Balaban J connectivity index is 2.15. The van der Waals surface area contributed by atoms with E-state index in [1.54, 1.807) is 0 Å². The lowest BCUT2D eigenvalue weighted by Crippen LogP contribution is -2.16. The molecule has 0 aliphatic carbocycles. The van der Waals surface area contributed by atoms with Gasteiger partial charge in [0.1, 0.15) is 6.61 Å². The van der Waals surface area contributed by atoms with E-state index in [1.807, 2.05) is 0 Å². The van der Waals surface area contributed by atoms with Crippen molar-refractivity contribution >= 4 is 5.97 Å². The lowest BCUT2D eigenvalue weighted by molar-refractivity contribution is -0.138. The van der Waals surface area contributed by atoms with Gasteiger partial charge in [0.25, 0.3) is 0 Å². The predicted molar refractivity (Wildman–Crippen MR) is 57.1 cm³/mol. The van der Waals surface area contributed by atoms with E-state index in [9.17, 15) is 18.0 Å². The van der Waals surface area contributed by atoms with Crippen molar-refractivity contribution in [3.63, 3.8) is 0 Å². The van der Waals surface area contributed by atoms with Crippen LogP contribution in [0.25, 0.3) is 0 Å². The zero-order valence-electron chi connectivity index (χ0n) is 9.48. The van der Waals surface area contributed by atoms with Crippen LogP contribution in [0.1, 0.15) is 21.6 Å². The number of alkyl halides is 3. The molecule has 0 unspecified atom stereocenters. The first-order chi connectivity index (χ1) is 8.98. The van der Waals surface area contributed by atoms with Crippen LogP contribution >= 0.6 is 0 Å². The molecule has 19 heavy (non-hydrogen) atoms. The van der Waals surface area contributed by atoms with Gasteiger partial charge in [0.2, 0.25) is 0 Å². The maximum atomic E-state index is 12.7. The minimum Gasteiger partial charge on any atom is -0.472 e. The number of rotatable bonds is 3. The van der Waals surface area contributed by atoms with Crippen LogP contribution in [0.4, 0.5) is 13.2 Å². The van der Waals surface area contributed by atoms with Crippen molar-refractivity contribution in [2.45, 2.75) is 12.8 Å². The molecule has 0 atom stereocenters. The maximum Gasteiger partial charge on any atom is 0.418 e. The highest BCUT2D eigenvalue weighted by Crippen LogP contribution is 2.31. The van der Waals surface area contributed by atoms with Crippen LogP contribution in [0.2, 0.25) is 0 Å². The molecule has 0 fully saturated rings. The van der Waals surface area contributed by atoms with Crippen LogP contribution in [0.15, 0.2) is 41.3 Å². The van der Waals surface area contributed by atoms with Crippen molar-refractivity contribution in [3.05, 3.63) is 53.7 Å². The summed E-state index contributed by atoms with van der Waals surface area (Å²) >= 11 is 0. The van der Waals surface area contributed by atoms with Crippen molar-refractivity contribution in [1.82, 2.24) is 4.98 Å². The first kappa shape index (κ1) is 13.1. The SMILES string of the molecule is O=C(OCc1ccoc1)c1ncccc1C(F)(F)F. The average molecular weight is 271 g/mol. The summed E-state index contributed by atoms with van der Waals surface area (Å²) in [7, 11) is 0. The van der Waals surface area contributed by atoms with E-state index in [0.29, 0.717) is 5.56 Å². The summed E-state index contributed by atoms with van der Waals surface area (Å²) in [4.78, 5) is 15.0. The zero-order valence-corrected chi connectivity index (χ0v) is 9.48. The number of pyridine rings is 1. The highest BCUT2D eigenvalue weighted by Gasteiger charge is 2.36. The molecule has 100 valence electrons. The molecule has 0 bridgehead atoms. The van der Waals surface area contributed by atoms with Gasteiger partial charge < -0.3 is 9.15 Å². The largest absolute Gasteiger partial charge is 0.472 e. The molecule has 2 heterocycles. The van der Waals surface area contributed by atoms with E-state index >= 15 is 0 Å². The number of carbonyl (C=O) groups is 1. The van der Waals surface area contributed by atoms with Gasteiger partial charge in [0, 0.05) is 11.8 Å². The molecular weight excluding hydrogens is 263 g/mol. The number of hydrogen-bond donors (Lipinski definition) is 0. The molecule has 0 aliphatic heterocycles. The fourth-order valence-corrected chi connectivity index (χ4v) is 1.39. The molecule has 4 nitrogen and oxygen atoms in total. The van der Waals surface area contributed by atoms with Gasteiger partial charge in [-0.3, -0.25) is 0 Å². The van der Waals surface area contributed by atoms with Gasteiger partial charge in [0.15, 0.2) is 5.69 Å². The Labute approximate surface area is 105 Å².